The largest absolute Gasteiger partial charge is 1.00 e. The Bertz CT molecular complexity index is 827. The Labute approximate surface area is 179 Å². The van der Waals surface area contributed by atoms with Gasteiger partial charge in [0.15, 0.2) is 5.78 Å². The Kier molecular flexibility index (Phi) is 9.42. The molecule has 0 heterocycles. The first-order chi connectivity index (χ1) is 13.7. The molecule has 0 unspecified atom stereocenters. The molecule has 0 saturated carbocycles. The van der Waals surface area contributed by atoms with Crippen LogP contribution in [0.4, 0.5) is 0 Å². The second-order valence-electron chi connectivity index (χ2n) is 7.07. The summed E-state index contributed by atoms with van der Waals surface area (Å²) in [5.74, 6) is 0.884. The number of methoxy groups -OCH3 is 1. The minimum atomic E-state index is 0. The smallest absolute Gasteiger partial charge is 0.168 e. The predicted octanol–water partition coefficient (Wildman–Crippen LogP) is 0.689. The van der Waals surface area contributed by atoms with Crippen molar-refractivity contribution in [2.75, 3.05) is 13.7 Å². The average Bonchev–Trinajstić information content (AvgIpc) is 2.75. The van der Waals surface area contributed by atoms with E-state index in [4.69, 9.17) is 4.74 Å². The SMILES string of the molecule is COc1cccc(C(=O)CC[NH2+]C(Cc2ccccc2)Cc2ccccc2)c1.[Cl-]. The number of rotatable bonds is 10. The maximum Gasteiger partial charge on any atom is 0.168 e. The second kappa shape index (κ2) is 12.1. The number of nitrogens with two attached hydrogens (primary N) is 1. The number of ketones is 1. The highest BCUT2D eigenvalue weighted by atomic mass is 35.5. The van der Waals surface area contributed by atoms with E-state index < -0.39 is 0 Å². The lowest BCUT2D eigenvalue weighted by Gasteiger charge is -2.16. The van der Waals surface area contributed by atoms with E-state index in [1.807, 2.05) is 36.4 Å². The minimum absolute atomic E-state index is 0. The number of halogens is 1. The molecule has 0 saturated heterocycles. The van der Waals surface area contributed by atoms with Crippen LogP contribution in [0.25, 0.3) is 0 Å². The minimum Gasteiger partial charge on any atom is -1.00 e. The van der Waals surface area contributed by atoms with Crippen LogP contribution in [0.3, 0.4) is 0 Å². The Morgan fingerprint density at radius 1 is 0.862 bits per heavy atom. The molecule has 29 heavy (non-hydrogen) atoms. The Morgan fingerprint density at radius 2 is 1.45 bits per heavy atom. The molecule has 0 atom stereocenters. The summed E-state index contributed by atoms with van der Waals surface area (Å²) in [5.41, 5.74) is 3.38. The number of Topliss-reactive ketones (excluding diaryl/α,β-unsaturated/α-hetero) is 1. The lowest BCUT2D eigenvalue weighted by molar-refractivity contribution is -0.687. The molecule has 0 aliphatic heterocycles. The van der Waals surface area contributed by atoms with Crippen molar-refractivity contribution < 1.29 is 27.3 Å². The topological polar surface area (TPSA) is 42.9 Å². The number of carbonyl (C=O) groups is 1. The molecule has 2 N–H and O–H groups in total. The molecule has 0 amide bonds. The fourth-order valence-electron chi connectivity index (χ4n) is 3.46. The van der Waals surface area contributed by atoms with Gasteiger partial charge in [-0.05, 0) is 23.3 Å². The van der Waals surface area contributed by atoms with Gasteiger partial charge in [0.2, 0.25) is 0 Å². The van der Waals surface area contributed by atoms with E-state index in [1.54, 1.807) is 7.11 Å². The lowest BCUT2D eigenvalue weighted by Crippen LogP contribution is -3.00. The first kappa shape index (κ1) is 22.7. The van der Waals surface area contributed by atoms with Crippen LogP contribution in [0.2, 0.25) is 0 Å². The van der Waals surface area contributed by atoms with Gasteiger partial charge >= 0.3 is 0 Å². The average molecular weight is 410 g/mol. The Balaban J connectivity index is 0.00000300. The fourth-order valence-corrected chi connectivity index (χ4v) is 3.46. The monoisotopic (exact) mass is 409 g/mol. The molecule has 0 aromatic heterocycles. The van der Waals surface area contributed by atoms with Gasteiger partial charge in [-0.25, -0.2) is 0 Å². The number of carbonyl (C=O) groups excluding carboxylic acids is 1. The second-order valence-corrected chi connectivity index (χ2v) is 7.07. The van der Waals surface area contributed by atoms with Crippen molar-refractivity contribution in [3.8, 4) is 5.75 Å². The van der Waals surface area contributed by atoms with Crippen molar-refractivity contribution in [2.45, 2.75) is 25.3 Å². The van der Waals surface area contributed by atoms with Crippen molar-refractivity contribution in [1.29, 1.82) is 0 Å². The van der Waals surface area contributed by atoms with Gasteiger partial charge in [-0.2, -0.15) is 0 Å². The van der Waals surface area contributed by atoms with Crippen LogP contribution in [0.15, 0.2) is 84.9 Å². The highest BCUT2D eigenvalue weighted by molar-refractivity contribution is 5.96. The van der Waals surface area contributed by atoms with E-state index in [0.29, 0.717) is 12.5 Å². The number of ether oxygens (including phenoxy) is 1. The third-order valence-corrected chi connectivity index (χ3v) is 4.94. The van der Waals surface area contributed by atoms with Gasteiger partial charge in [0.25, 0.3) is 0 Å². The van der Waals surface area contributed by atoms with E-state index in [-0.39, 0.29) is 18.2 Å². The molecule has 152 valence electrons. The molecule has 3 aromatic rings. The van der Waals surface area contributed by atoms with Gasteiger partial charge in [0.05, 0.1) is 26.1 Å². The van der Waals surface area contributed by atoms with Crippen LogP contribution < -0.4 is 22.5 Å². The molecule has 0 fully saturated rings. The zero-order valence-electron chi connectivity index (χ0n) is 16.8. The molecule has 0 aliphatic carbocycles. The van der Waals surface area contributed by atoms with Gasteiger partial charge in [-0.3, -0.25) is 4.79 Å². The summed E-state index contributed by atoms with van der Waals surface area (Å²) in [6, 6.07) is 28.9. The van der Waals surface area contributed by atoms with Crippen LogP contribution in [0.1, 0.15) is 27.9 Å². The van der Waals surface area contributed by atoms with Crippen LogP contribution in [0.5, 0.6) is 5.75 Å². The van der Waals surface area contributed by atoms with Gasteiger partial charge in [-0.15, -0.1) is 0 Å². The summed E-state index contributed by atoms with van der Waals surface area (Å²) in [7, 11) is 1.62. The van der Waals surface area contributed by atoms with Gasteiger partial charge in [-0.1, -0.05) is 72.8 Å². The van der Waals surface area contributed by atoms with Crippen molar-refractivity contribution in [3.05, 3.63) is 102 Å². The number of benzene rings is 3. The van der Waals surface area contributed by atoms with Crippen molar-refractivity contribution in [1.82, 2.24) is 0 Å². The number of hydrogen-bond donors (Lipinski definition) is 1. The molecule has 3 aromatic carbocycles. The van der Waals surface area contributed by atoms with E-state index in [2.05, 4.69) is 53.8 Å². The number of hydrogen-bond acceptors (Lipinski definition) is 2. The quantitative estimate of drug-likeness (QED) is 0.501. The third kappa shape index (κ3) is 7.37. The van der Waals surface area contributed by atoms with E-state index in [0.717, 1.165) is 30.7 Å². The zero-order valence-corrected chi connectivity index (χ0v) is 17.5. The van der Waals surface area contributed by atoms with Gasteiger partial charge < -0.3 is 22.5 Å². The van der Waals surface area contributed by atoms with Crippen LogP contribution in [0, 0.1) is 0 Å². The molecule has 0 aliphatic rings. The van der Waals surface area contributed by atoms with Crippen molar-refractivity contribution in [3.63, 3.8) is 0 Å². The van der Waals surface area contributed by atoms with Crippen LogP contribution in [-0.2, 0) is 12.8 Å². The third-order valence-electron chi connectivity index (χ3n) is 4.94. The molecule has 3 nitrogen and oxygen atoms in total. The molecular weight excluding hydrogens is 382 g/mol. The highest BCUT2D eigenvalue weighted by Crippen LogP contribution is 2.13. The van der Waals surface area contributed by atoms with Crippen LogP contribution in [-0.4, -0.2) is 25.5 Å². The maximum atomic E-state index is 12.5. The maximum absolute atomic E-state index is 12.5. The van der Waals surface area contributed by atoms with Crippen molar-refractivity contribution >= 4 is 5.78 Å². The summed E-state index contributed by atoms with van der Waals surface area (Å²) < 4.78 is 5.22. The van der Waals surface area contributed by atoms with Crippen molar-refractivity contribution in [2.24, 2.45) is 0 Å². The molecule has 0 radical (unpaired) electrons. The molecule has 3 rings (SSSR count). The van der Waals surface area contributed by atoms with E-state index in [1.165, 1.54) is 11.1 Å². The summed E-state index contributed by atoms with van der Waals surface area (Å²) in [6.45, 7) is 0.778. The zero-order chi connectivity index (χ0) is 19.6. The number of quaternary nitrogens is 1. The Morgan fingerprint density at radius 3 is 2.00 bits per heavy atom. The first-order valence-electron chi connectivity index (χ1n) is 9.83. The van der Waals surface area contributed by atoms with Gasteiger partial charge in [0, 0.05) is 18.4 Å². The summed E-state index contributed by atoms with van der Waals surface area (Å²) in [6.07, 6.45) is 2.50. The normalized spacial score (nSPS) is 10.4. The van der Waals surface area contributed by atoms with Gasteiger partial charge in [0.1, 0.15) is 5.75 Å². The summed E-state index contributed by atoms with van der Waals surface area (Å²) in [4.78, 5) is 12.5. The molecular formula is C25H28ClNO2. The molecule has 4 heteroatoms. The first-order valence-corrected chi connectivity index (χ1v) is 9.83. The van der Waals surface area contributed by atoms with E-state index >= 15 is 0 Å². The Hall–Kier alpha value is -2.62. The fraction of sp³-hybridized carbons (Fsp3) is 0.240. The predicted molar refractivity (Wildman–Crippen MR) is 113 cm³/mol. The summed E-state index contributed by atoms with van der Waals surface area (Å²) >= 11 is 0. The molecule has 0 bridgehead atoms. The van der Waals surface area contributed by atoms with Crippen LogP contribution >= 0.6 is 0 Å². The highest BCUT2D eigenvalue weighted by Gasteiger charge is 2.15. The summed E-state index contributed by atoms with van der Waals surface area (Å²) in [5, 5.41) is 2.32. The molecule has 0 spiro atoms. The lowest BCUT2D eigenvalue weighted by atomic mass is 9.98. The van der Waals surface area contributed by atoms with E-state index in [9.17, 15) is 4.79 Å². The standard InChI is InChI=1S/C25H27NO2.ClH/c1-28-24-14-8-13-22(19-24)25(27)15-16-26-23(17-20-9-4-2-5-10-20)18-21-11-6-3-7-12-21;/h2-14,19,23,26H,15-18H2,1H3;1H.